The zero-order chi connectivity index (χ0) is 43.4. The minimum atomic E-state index is -4.50. The summed E-state index contributed by atoms with van der Waals surface area (Å²) < 4.78 is 103. The molecule has 61 heavy (non-hydrogen) atoms. The molecule has 3 heterocycles. The van der Waals surface area contributed by atoms with Crippen LogP contribution in [0.4, 0.5) is 13.2 Å². The highest BCUT2D eigenvalue weighted by molar-refractivity contribution is 7.90. The van der Waals surface area contributed by atoms with E-state index in [9.17, 15) is 34.8 Å². The number of carbonyl (C=O) groups is 1. The van der Waals surface area contributed by atoms with Gasteiger partial charge >= 0.3 is 6.18 Å². The summed E-state index contributed by atoms with van der Waals surface area (Å²) in [7, 11) is -8.04. The third-order valence-corrected chi connectivity index (χ3v) is 16.8. The Morgan fingerprint density at radius 1 is 0.820 bits per heavy atom. The molecule has 328 valence electrons. The van der Waals surface area contributed by atoms with Crippen molar-refractivity contribution in [3.63, 3.8) is 0 Å². The highest BCUT2D eigenvalue weighted by atomic mass is 35.5. The van der Waals surface area contributed by atoms with Crippen LogP contribution in [0, 0.1) is 11.8 Å². The molecule has 0 radical (unpaired) electrons. The molecule has 0 bridgehead atoms. The third-order valence-electron chi connectivity index (χ3n) is 11.4. The summed E-state index contributed by atoms with van der Waals surface area (Å²) in [6, 6.07) is 11.3. The summed E-state index contributed by atoms with van der Waals surface area (Å²) in [5.41, 5.74) is 3.05. The molecule has 1 aliphatic heterocycles. The standard InChI is InChI=1S/C42H47Cl2F3N6O5S3/c43-30-19-22-36(34(44)26-30)53-40(37-23-21-31(59-37)20-16-28-14-17-29(18-15-28)42(45,46)47)38(39(49-53)41(54)50-52-24-8-3-9-25-52)35(51-61(57,58)33-12-6-2-7-13-33)27-48-60(55,56)32-10-4-1-5-11-32/h14-15,17-19,21-23,26,32-33,35,48,51H,1-13,24-25,27H2,(H,50,54). The topological polar surface area (TPSA) is 142 Å². The summed E-state index contributed by atoms with van der Waals surface area (Å²) in [5.74, 6) is 5.29. The number of piperidine rings is 1. The largest absolute Gasteiger partial charge is 0.416 e. The van der Waals surface area contributed by atoms with Crippen LogP contribution in [0.1, 0.15) is 122 Å². The Labute approximate surface area is 368 Å². The quantitative estimate of drug-likeness (QED) is 0.120. The minimum absolute atomic E-state index is 0.121. The predicted molar refractivity (Wildman–Crippen MR) is 233 cm³/mol. The number of rotatable bonds is 12. The SMILES string of the molecule is O=C(NN1CCCCC1)c1nn(-c2ccc(Cl)cc2Cl)c(-c2ccc(C#Cc3ccc(C(F)(F)F)cc3)s2)c1C(CNS(=O)(=O)C1CCCCC1)NS(=O)(=O)C1CCCCC1. The fourth-order valence-corrected chi connectivity index (χ4v) is 12.9. The van der Waals surface area contributed by atoms with Crippen molar-refractivity contribution in [1.82, 2.24) is 29.7 Å². The zero-order valence-electron chi connectivity index (χ0n) is 33.2. The number of thiophene rings is 1. The lowest BCUT2D eigenvalue weighted by atomic mass is 10.0. The summed E-state index contributed by atoms with van der Waals surface area (Å²) >= 11 is 14.3. The number of amides is 1. The van der Waals surface area contributed by atoms with Crippen LogP contribution in [0.25, 0.3) is 16.3 Å². The van der Waals surface area contributed by atoms with Crippen molar-refractivity contribution in [2.45, 2.75) is 106 Å². The second-order valence-corrected chi connectivity index (χ2v) is 21.7. The molecule has 7 rings (SSSR count). The molecule has 2 saturated carbocycles. The summed E-state index contributed by atoms with van der Waals surface area (Å²) in [4.78, 5) is 15.5. The Morgan fingerprint density at radius 3 is 2.07 bits per heavy atom. The molecular weight excluding hydrogens is 893 g/mol. The van der Waals surface area contributed by atoms with Crippen LogP contribution < -0.4 is 14.9 Å². The van der Waals surface area contributed by atoms with Gasteiger partial charge in [-0.25, -0.2) is 36.0 Å². The number of hydrogen-bond acceptors (Lipinski definition) is 8. The molecule has 4 aromatic rings. The first-order valence-corrected chi connectivity index (χ1v) is 25.2. The van der Waals surface area contributed by atoms with E-state index >= 15 is 0 Å². The maximum Gasteiger partial charge on any atom is 0.416 e. The van der Waals surface area contributed by atoms with Gasteiger partial charge in [0.1, 0.15) is 0 Å². The van der Waals surface area contributed by atoms with Gasteiger partial charge in [-0.1, -0.05) is 80.0 Å². The van der Waals surface area contributed by atoms with Crippen molar-refractivity contribution in [3.8, 4) is 28.1 Å². The average molecular weight is 940 g/mol. The molecule has 1 unspecified atom stereocenters. The Balaban J connectivity index is 1.39. The van der Waals surface area contributed by atoms with E-state index in [1.54, 1.807) is 29.3 Å². The second-order valence-electron chi connectivity index (χ2n) is 15.7. The van der Waals surface area contributed by atoms with E-state index in [0.29, 0.717) is 64.8 Å². The maximum absolute atomic E-state index is 14.6. The Kier molecular flexibility index (Phi) is 14.6. The monoisotopic (exact) mass is 938 g/mol. The molecular formula is C42H47Cl2F3N6O5S3. The number of halogens is 5. The van der Waals surface area contributed by atoms with Crippen molar-refractivity contribution in [1.29, 1.82) is 0 Å². The molecule has 0 spiro atoms. The minimum Gasteiger partial charge on any atom is -0.283 e. The number of aromatic nitrogens is 2. The fourth-order valence-electron chi connectivity index (χ4n) is 8.17. The van der Waals surface area contributed by atoms with Crippen LogP contribution in [-0.4, -0.2) is 67.7 Å². The second kappa shape index (κ2) is 19.5. The van der Waals surface area contributed by atoms with Gasteiger partial charge in [0.05, 0.1) is 48.3 Å². The molecule has 2 aliphatic carbocycles. The lowest BCUT2D eigenvalue weighted by Gasteiger charge is -2.29. The molecule has 2 aromatic heterocycles. The van der Waals surface area contributed by atoms with Crippen LogP contribution in [0.3, 0.4) is 0 Å². The van der Waals surface area contributed by atoms with E-state index in [1.807, 2.05) is 0 Å². The van der Waals surface area contributed by atoms with Gasteiger partial charge in [0.2, 0.25) is 20.0 Å². The van der Waals surface area contributed by atoms with Crippen LogP contribution in [0.5, 0.6) is 0 Å². The van der Waals surface area contributed by atoms with E-state index < -0.39 is 60.8 Å². The molecule has 2 aromatic carbocycles. The maximum atomic E-state index is 14.6. The smallest absolute Gasteiger partial charge is 0.283 e. The van der Waals surface area contributed by atoms with Crippen molar-refractivity contribution >= 4 is 60.5 Å². The van der Waals surface area contributed by atoms with Gasteiger partial charge in [-0.3, -0.25) is 10.2 Å². The van der Waals surface area contributed by atoms with Gasteiger partial charge in [-0.05, 0) is 93.1 Å². The number of sulfonamides is 2. The normalized spacial score (nSPS) is 18.0. The van der Waals surface area contributed by atoms with Gasteiger partial charge < -0.3 is 0 Å². The van der Waals surface area contributed by atoms with E-state index in [1.165, 1.54) is 34.2 Å². The van der Waals surface area contributed by atoms with E-state index in [4.69, 9.17) is 28.3 Å². The summed E-state index contributed by atoms with van der Waals surface area (Å²) in [6.07, 6.45) is 4.79. The van der Waals surface area contributed by atoms with Gasteiger partial charge in [-0.15, -0.1) is 11.3 Å². The Morgan fingerprint density at radius 2 is 1.44 bits per heavy atom. The predicted octanol–water partition coefficient (Wildman–Crippen LogP) is 9.00. The van der Waals surface area contributed by atoms with E-state index in [2.05, 4.69) is 26.7 Å². The number of nitrogens with one attached hydrogen (secondary N) is 3. The van der Waals surface area contributed by atoms with Gasteiger partial charge in [-0.2, -0.15) is 18.3 Å². The molecule has 1 saturated heterocycles. The van der Waals surface area contributed by atoms with Gasteiger partial charge in [0.15, 0.2) is 5.69 Å². The van der Waals surface area contributed by atoms with Gasteiger partial charge in [0, 0.05) is 35.8 Å². The van der Waals surface area contributed by atoms with Crippen molar-refractivity contribution in [3.05, 3.63) is 91.9 Å². The number of alkyl halides is 3. The first-order valence-electron chi connectivity index (χ1n) is 20.5. The number of hydrogen-bond donors (Lipinski definition) is 3. The lowest BCUT2D eigenvalue weighted by molar-refractivity contribution is -0.137. The molecule has 3 fully saturated rings. The number of hydrazine groups is 1. The molecule has 1 amide bonds. The molecule has 3 N–H and O–H groups in total. The first kappa shape index (κ1) is 45.6. The van der Waals surface area contributed by atoms with Crippen molar-refractivity contribution < 1.29 is 34.8 Å². The highest BCUT2D eigenvalue weighted by Gasteiger charge is 2.38. The van der Waals surface area contributed by atoms with Crippen molar-refractivity contribution in [2.24, 2.45) is 0 Å². The first-order chi connectivity index (χ1) is 29.1. The number of carbonyl (C=O) groups excluding carboxylic acids is 1. The van der Waals surface area contributed by atoms with Crippen LogP contribution in [-0.2, 0) is 26.2 Å². The summed E-state index contributed by atoms with van der Waals surface area (Å²) in [5, 5.41) is 5.76. The van der Waals surface area contributed by atoms with E-state index in [-0.39, 0.29) is 22.0 Å². The fraction of sp³-hybridized carbons (Fsp3) is 0.476. The van der Waals surface area contributed by atoms with Crippen LogP contribution in [0.15, 0.2) is 54.6 Å². The van der Waals surface area contributed by atoms with Gasteiger partial charge in [0.25, 0.3) is 5.91 Å². The molecule has 3 aliphatic rings. The summed E-state index contributed by atoms with van der Waals surface area (Å²) in [6.45, 7) is 0.749. The third kappa shape index (κ3) is 11.2. The van der Waals surface area contributed by atoms with Crippen LogP contribution >= 0.6 is 34.5 Å². The molecule has 1 atom stereocenters. The van der Waals surface area contributed by atoms with E-state index in [0.717, 1.165) is 69.9 Å². The number of nitrogens with zero attached hydrogens (tertiary/aromatic N) is 3. The molecule has 19 heteroatoms. The zero-order valence-corrected chi connectivity index (χ0v) is 37.2. The Hall–Kier alpha value is -3.47. The molecule has 11 nitrogen and oxygen atoms in total. The lowest BCUT2D eigenvalue weighted by Crippen LogP contribution is -2.47. The number of benzene rings is 2. The Bertz CT molecular complexity index is 2480. The van der Waals surface area contributed by atoms with Crippen molar-refractivity contribution in [2.75, 3.05) is 19.6 Å². The highest BCUT2D eigenvalue weighted by Crippen LogP contribution is 2.40. The van der Waals surface area contributed by atoms with Crippen LogP contribution in [0.2, 0.25) is 10.0 Å². The average Bonchev–Trinajstić information content (AvgIpc) is 3.88.